The predicted molar refractivity (Wildman–Crippen MR) is 74.1 cm³/mol. The first kappa shape index (κ1) is 14.4. The summed E-state index contributed by atoms with van der Waals surface area (Å²) in [4.78, 5) is 15.8. The average Bonchev–Trinajstić information content (AvgIpc) is 2.24. The zero-order chi connectivity index (χ0) is 13.8. The molecule has 0 aliphatic carbocycles. The molecule has 18 heavy (non-hydrogen) atoms. The van der Waals surface area contributed by atoms with E-state index in [0.717, 1.165) is 11.3 Å². The second-order valence-corrected chi connectivity index (χ2v) is 5.51. The standard InChI is InChI=1S/C15H21NO2/c1-11(2)18-14(17)16-13(15(3,4)5)12-9-7-6-8-10-12/h6-11H,1-5H3/b16-13+. The third-order valence-electron chi connectivity index (χ3n) is 2.30. The van der Waals surface area contributed by atoms with Crippen molar-refractivity contribution in [2.45, 2.75) is 40.7 Å². The Balaban J connectivity index is 3.08. The van der Waals surface area contributed by atoms with Gasteiger partial charge in [0.05, 0.1) is 11.8 Å². The summed E-state index contributed by atoms with van der Waals surface area (Å²) >= 11 is 0. The molecule has 0 saturated carbocycles. The average molecular weight is 247 g/mol. The Labute approximate surface area is 109 Å². The van der Waals surface area contributed by atoms with Gasteiger partial charge in [-0.15, -0.1) is 0 Å². The van der Waals surface area contributed by atoms with Crippen molar-refractivity contribution in [1.29, 1.82) is 0 Å². The third kappa shape index (κ3) is 4.32. The second-order valence-electron chi connectivity index (χ2n) is 5.51. The van der Waals surface area contributed by atoms with Gasteiger partial charge < -0.3 is 4.74 Å². The van der Waals surface area contributed by atoms with Gasteiger partial charge in [0.1, 0.15) is 0 Å². The van der Waals surface area contributed by atoms with Gasteiger partial charge in [0.25, 0.3) is 0 Å². The monoisotopic (exact) mass is 247 g/mol. The number of nitrogens with zero attached hydrogens (tertiary/aromatic N) is 1. The second kappa shape index (κ2) is 5.80. The molecule has 0 aromatic heterocycles. The van der Waals surface area contributed by atoms with Gasteiger partial charge in [0.2, 0.25) is 0 Å². The highest BCUT2D eigenvalue weighted by Crippen LogP contribution is 2.22. The molecule has 1 aromatic rings. The fourth-order valence-electron chi connectivity index (χ4n) is 1.58. The minimum atomic E-state index is -0.529. The number of hydrogen-bond acceptors (Lipinski definition) is 2. The molecule has 1 amide bonds. The summed E-state index contributed by atoms with van der Waals surface area (Å²) in [5, 5.41) is 0. The number of hydrogen-bond donors (Lipinski definition) is 0. The van der Waals surface area contributed by atoms with Crippen LogP contribution >= 0.6 is 0 Å². The maximum Gasteiger partial charge on any atom is 0.434 e. The Morgan fingerprint density at radius 2 is 1.72 bits per heavy atom. The van der Waals surface area contributed by atoms with Crippen molar-refractivity contribution in [2.24, 2.45) is 10.4 Å². The minimum absolute atomic E-state index is 0.154. The van der Waals surface area contributed by atoms with Crippen molar-refractivity contribution in [1.82, 2.24) is 0 Å². The largest absolute Gasteiger partial charge is 0.445 e. The Bertz CT molecular complexity index is 428. The van der Waals surface area contributed by atoms with Crippen LogP contribution in [-0.4, -0.2) is 17.9 Å². The maximum absolute atomic E-state index is 11.7. The molecule has 0 heterocycles. The van der Waals surface area contributed by atoms with Gasteiger partial charge >= 0.3 is 6.09 Å². The molecule has 3 heteroatoms. The zero-order valence-corrected chi connectivity index (χ0v) is 11.7. The van der Waals surface area contributed by atoms with E-state index in [1.807, 2.05) is 65.0 Å². The van der Waals surface area contributed by atoms with E-state index >= 15 is 0 Å². The Hall–Kier alpha value is -1.64. The summed E-state index contributed by atoms with van der Waals surface area (Å²) in [6.07, 6.45) is -0.683. The number of amides is 1. The highest BCUT2D eigenvalue weighted by atomic mass is 16.6. The summed E-state index contributed by atoms with van der Waals surface area (Å²) in [7, 11) is 0. The van der Waals surface area contributed by atoms with Crippen LogP contribution in [0.1, 0.15) is 40.2 Å². The van der Waals surface area contributed by atoms with Crippen LogP contribution in [-0.2, 0) is 4.74 Å². The molecule has 0 N–H and O–H groups in total. The molecular formula is C15H21NO2. The van der Waals surface area contributed by atoms with E-state index in [1.165, 1.54) is 0 Å². The fraction of sp³-hybridized carbons (Fsp3) is 0.467. The highest BCUT2D eigenvalue weighted by molar-refractivity contribution is 6.08. The Kier molecular flexibility index (Phi) is 4.65. The van der Waals surface area contributed by atoms with Gasteiger partial charge in [-0.25, -0.2) is 4.79 Å². The molecule has 3 nitrogen and oxygen atoms in total. The molecule has 0 unspecified atom stereocenters. The molecule has 0 bridgehead atoms. The number of carbonyl (C=O) groups excluding carboxylic acids is 1. The molecule has 0 spiro atoms. The van der Waals surface area contributed by atoms with E-state index in [4.69, 9.17) is 4.74 Å². The van der Waals surface area contributed by atoms with E-state index in [2.05, 4.69) is 4.99 Å². The Morgan fingerprint density at radius 3 is 2.17 bits per heavy atom. The summed E-state index contributed by atoms with van der Waals surface area (Å²) in [5.74, 6) is 0. The quantitative estimate of drug-likeness (QED) is 0.739. The van der Waals surface area contributed by atoms with Crippen molar-refractivity contribution in [3.63, 3.8) is 0 Å². The van der Waals surface area contributed by atoms with Crippen molar-refractivity contribution in [3.05, 3.63) is 35.9 Å². The molecule has 0 aliphatic heterocycles. The van der Waals surface area contributed by atoms with E-state index in [0.29, 0.717) is 0 Å². The summed E-state index contributed by atoms with van der Waals surface area (Å²) in [5.41, 5.74) is 1.48. The summed E-state index contributed by atoms with van der Waals surface area (Å²) < 4.78 is 5.07. The van der Waals surface area contributed by atoms with Gasteiger partial charge in [-0.05, 0) is 19.4 Å². The molecule has 0 aliphatic rings. The van der Waals surface area contributed by atoms with Gasteiger partial charge in [0.15, 0.2) is 0 Å². The first-order valence-corrected chi connectivity index (χ1v) is 6.16. The molecule has 0 radical (unpaired) electrons. The lowest BCUT2D eigenvalue weighted by Gasteiger charge is -2.21. The Morgan fingerprint density at radius 1 is 1.17 bits per heavy atom. The maximum atomic E-state index is 11.7. The lowest BCUT2D eigenvalue weighted by atomic mass is 9.85. The lowest BCUT2D eigenvalue weighted by molar-refractivity contribution is 0.125. The lowest BCUT2D eigenvalue weighted by Crippen LogP contribution is -2.23. The number of benzene rings is 1. The molecule has 0 atom stereocenters. The normalized spacial score (nSPS) is 12.7. The van der Waals surface area contributed by atoms with Gasteiger partial charge in [-0.2, -0.15) is 4.99 Å². The number of carbonyl (C=O) groups is 1. The van der Waals surface area contributed by atoms with Crippen LogP contribution in [0.3, 0.4) is 0 Å². The van der Waals surface area contributed by atoms with Crippen molar-refractivity contribution >= 4 is 11.8 Å². The van der Waals surface area contributed by atoms with E-state index in [1.54, 1.807) is 0 Å². The number of aliphatic imine (C=N–C) groups is 1. The smallest absolute Gasteiger partial charge is 0.434 e. The van der Waals surface area contributed by atoms with Crippen LogP contribution in [0, 0.1) is 5.41 Å². The first-order valence-electron chi connectivity index (χ1n) is 6.16. The highest BCUT2D eigenvalue weighted by Gasteiger charge is 2.22. The van der Waals surface area contributed by atoms with Crippen molar-refractivity contribution in [2.75, 3.05) is 0 Å². The van der Waals surface area contributed by atoms with Gasteiger partial charge in [-0.3, -0.25) is 0 Å². The zero-order valence-electron chi connectivity index (χ0n) is 11.7. The molecule has 1 aromatic carbocycles. The van der Waals surface area contributed by atoms with E-state index in [9.17, 15) is 4.79 Å². The van der Waals surface area contributed by atoms with Crippen LogP contribution in [0.25, 0.3) is 0 Å². The van der Waals surface area contributed by atoms with Crippen molar-refractivity contribution < 1.29 is 9.53 Å². The third-order valence-corrected chi connectivity index (χ3v) is 2.30. The van der Waals surface area contributed by atoms with Crippen LogP contribution in [0.4, 0.5) is 4.79 Å². The van der Waals surface area contributed by atoms with Gasteiger partial charge in [0, 0.05) is 5.41 Å². The topological polar surface area (TPSA) is 38.7 Å². The molecular weight excluding hydrogens is 226 g/mol. The minimum Gasteiger partial charge on any atom is -0.445 e. The number of rotatable bonds is 2. The molecule has 98 valence electrons. The van der Waals surface area contributed by atoms with Crippen LogP contribution < -0.4 is 0 Å². The summed E-state index contributed by atoms with van der Waals surface area (Å²) in [6, 6.07) is 9.71. The molecule has 0 fully saturated rings. The predicted octanol–water partition coefficient (Wildman–Crippen LogP) is 4.07. The van der Waals surface area contributed by atoms with Crippen molar-refractivity contribution in [3.8, 4) is 0 Å². The SMILES string of the molecule is CC(C)OC(=O)/N=C(\c1ccccc1)C(C)(C)C. The molecule has 0 saturated heterocycles. The summed E-state index contributed by atoms with van der Waals surface area (Å²) in [6.45, 7) is 9.71. The van der Waals surface area contributed by atoms with Crippen LogP contribution in [0.2, 0.25) is 0 Å². The number of ether oxygens (including phenoxy) is 1. The van der Waals surface area contributed by atoms with E-state index in [-0.39, 0.29) is 11.5 Å². The van der Waals surface area contributed by atoms with Crippen LogP contribution in [0.15, 0.2) is 35.3 Å². The van der Waals surface area contributed by atoms with Gasteiger partial charge in [-0.1, -0.05) is 51.1 Å². The fourth-order valence-corrected chi connectivity index (χ4v) is 1.58. The molecule has 1 rings (SSSR count). The van der Waals surface area contributed by atoms with Crippen LogP contribution in [0.5, 0.6) is 0 Å². The van der Waals surface area contributed by atoms with E-state index < -0.39 is 6.09 Å². The first-order chi connectivity index (χ1) is 8.30.